The van der Waals surface area contributed by atoms with E-state index in [-0.39, 0.29) is 12.2 Å². The van der Waals surface area contributed by atoms with Crippen LogP contribution >= 0.6 is 0 Å². The highest BCUT2D eigenvalue weighted by molar-refractivity contribution is 5.94. The topological polar surface area (TPSA) is 74.5 Å². The van der Waals surface area contributed by atoms with E-state index in [4.69, 9.17) is 10.00 Å². The largest absolute Gasteiger partial charge is 0.462 e. The molecule has 0 aliphatic carbocycles. The lowest BCUT2D eigenvalue weighted by atomic mass is 10.2. The number of carbonyl (C=O) groups excluding carboxylic acids is 1. The Morgan fingerprint density at radius 2 is 2.57 bits per heavy atom. The van der Waals surface area contributed by atoms with Crippen LogP contribution in [0.15, 0.2) is 28.5 Å². The summed E-state index contributed by atoms with van der Waals surface area (Å²) in [6, 6.07) is 1.79. The number of ether oxygens (including phenoxy) is 1. The second-order valence-corrected chi connectivity index (χ2v) is 2.36. The molecule has 0 spiro atoms. The molecule has 0 unspecified atom stereocenters. The lowest BCUT2D eigenvalue weighted by molar-refractivity contribution is -0.138. The summed E-state index contributed by atoms with van der Waals surface area (Å²) < 4.78 is 4.71. The van der Waals surface area contributed by atoms with Crippen molar-refractivity contribution in [2.45, 2.75) is 6.92 Å². The number of carbonyl (C=O) groups is 1. The number of allylic oxidation sites excluding steroid dienone is 1. The van der Waals surface area contributed by atoms with Crippen molar-refractivity contribution < 1.29 is 9.53 Å². The van der Waals surface area contributed by atoms with E-state index in [9.17, 15) is 4.79 Å². The number of hydrogen-bond donors (Lipinski definition) is 1. The third-order valence-electron chi connectivity index (χ3n) is 1.48. The van der Waals surface area contributed by atoms with Gasteiger partial charge in [-0.15, -0.1) is 0 Å². The van der Waals surface area contributed by atoms with Crippen LogP contribution in [0.3, 0.4) is 0 Å². The van der Waals surface area contributed by atoms with Gasteiger partial charge < -0.3 is 10.1 Å². The lowest BCUT2D eigenvalue weighted by Crippen LogP contribution is -2.18. The Bertz CT molecular complexity index is 361. The molecule has 0 amide bonds. The van der Waals surface area contributed by atoms with Gasteiger partial charge in [0.25, 0.3) is 0 Å². The Hall–Kier alpha value is -2.09. The molecular weight excluding hydrogens is 182 g/mol. The first-order chi connectivity index (χ1) is 6.79. The van der Waals surface area contributed by atoms with Crippen molar-refractivity contribution in [3.05, 3.63) is 23.5 Å². The maximum atomic E-state index is 11.3. The van der Waals surface area contributed by atoms with E-state index in [0.717, 1.165) is 0 Å². The van der Waals surface area contributed by atoms with Crippen molar-refractivity contribution in [1.82, 2.24) is 5.32 Å². The van der Waals surface area contributed by atoms with Gasteiger partial charge in [-0.25, -0.2) is 9.79 Å². The zero-order valence-corrected chi connectivity index (χ0v) is 7.65. The minimum atomic E-state index is -0.627. The van der Waals surface area contributed by atoms with Crippen molar-refractivity contribution in [2.24, 2.45) is 4.99 Å². The van der Waals surface area contributed by atoms with E-state index in [1.807, 2.05) is 0 Å². The smallest absolute Gasteiger partial charge is 0.351 e. The van der Waals surface area contributed by atoms with E-state index < -0.39 is 5.97 Å². The van der Waals surface area contributed by atoms with Gasteiger partial charge in [-0.3, -0.25) is 0 Å². The molecule has 0 fully saturated rings. The number of esters is 1. The van der Waals surface area contributed by atoms with Crippen molar-refractivity contribution in [3.63, 3.8) is 0 Å². The summed E-state index contributed by atoms with van der Waals surface area (Å²) in [4.78, 5) is 15.0. The fourth-order valence-electron chi connectivity index (χ4n) is 0.890. The van der Waals surface area contributed by atoms with Crippen LogP contribution in [0, 0.1) is 11.3 Å². The highest BCUT2D eigenvalue weighted by Crippen LogP contribution is 2.06. The average Bonchev–Trinajstić information content (AvgIpc) is 2.21. The molecule has 0 bridgehead atoms. The van der Waals surface area contributed by atoms with Gasteiger partial charge in [-0.1, -0.05) is 0 Å². The molecule has 0 aromatic heterocycles. The van der Waals surface area contributed by atoms with Gasteiger partial charge in [0.05, 0.1) is 18.6 Å². The molecule has 14 heavy (non-hydrogen) atoms. The molecule has 72 valence electrons. The van der Waals surface area contributed by atoms with Gasteiger partial charge >= 0.3 is 5.97 Å². The highest BCUT2D eigenvalue weighted by atomic mass is 16.5. The number of rotatable bonds is 2. The summed E-state index contributed by atoms with van der Waals surface area (Å²) in [6.45, 7) is 1.93. The number of nitrogens with one attached hydrogen (secondary N) is 1. The van der Waals surface area contributed by atoms with Crippen LogP contribution in [0.4, 0.5) is 0 Å². The molecule has 5 nitrogen and oxygen atoms in total. The predicted octanol–water partition coefficient (Wildman–Crippen LogP) is 0.472. The van der Waals surface area contributed by atoms with E-state index in [1.54, 1.807) is 13.0 Å². The van der Waals surface area contributed by atoms with Crippen molar-refractivity contribution in [3.8, 4) is 6.07 Å². The maximum Gasteiger partial charge on any atom is 0.351 e. The molecule has 0 aromatic carbocycles. The van der Waals surface area contributed by atoms with Crippen LogP contribution in [-0.4, -0.2) is 18.9 Å². The normalized spacial score (nSPS) is 16.9. The molecule has 0 atom stereocenters. The molecule has 1 rings (SSSR count). The fraction of sp³-hybridized carbons (Fsp3) is 0.222. The van der Waals surface area contributed by atoms with Gasteiger partial charge in [0.1, 0.15) is 6.07 Å². The maximum absolute atomic E-state index is 11.3. The SMILES string of the molecule is CCOC(=O)C(C#N)=C1C=CN=CN1. The summed E-state index contributed by atoms with van der Waals surface area (Å²) in [5, 5.41) is 11.4. The summed E-state index contributed by atoms with van der Waals surface area (Å²) >= 11 is 0. The van der Waals surface area contributed by atoms with Crippen LogP contribution < -0.4 is 5.32 Å². The second-order valence-electron chi connectivity index (χ2n) is 2.36. The summed E-state index contributed by atoms with van der Waals surface area (Å²) in [5.74, 6) is -0.627. The molecule has 0 aromatic rings. The highest BCUT2D eigenvalue weighted by Gasteiger charge is 2.15. The van der Waals surface area contributed by atoms with Gasteiger partial charge in [0.15, 0.2) is 5.57 Å². The third-order valence-corrected chi connectivity index (χ3v) is 1.48. The lowest BCUT2D eigenvalue weighted by Gasteiger charge is -2.07. The van der Waals surface area contributed by atoms with E-state index in [2.05, 4.69) is 10.3 Å². The molecule has 1 aliphatic rings. The molecule has 1 aliphatic heterocycles. The van der Waals surface area contributed by atoms with Gasteiger partial charge in [0.2, 0.25) is 0 Å². The zero-order valence-electron chi connectivity index (χ0n) is 7.65. The van der Waals surface area contributed by atoms with E-state index in [0.29, 0.717) is 5.70 Å². The van der Waals surface area contributed by atoms with E-state index >= 15 is 0 Å². The predicted molar refractivity (Wildman–Crippen MR) is 50.0 cm³/mol. The quantitative estimate of drug-likeness (QED) is 0.391. The molecule has 0 radical (unpaired) electrons. The molecule has 5 heteroatoms. The molecule has 0 saturated carbocycles. The third kappa shape index (κ3) is 2.20. The Morgan fingerprint density at radius 3 is 3.07 bits per heavy atom. The second kappa shape index (κ2) is 4.82. The van der Waals surface area contributed by atoms with Crippen molar-refractivity contribution >= 4 is 12.3 Å². The summed E-state index contributed by atoms with van der Waals surface area (Å²) in [6.07, 6.45) is 4.42. The Kier molecular flexibility index (Phi) is 3.44. The number of hydrogen-bond acceptors (Lipinski definition) is 5. The minimum Gasteiger partial charge on any atom is -0.462 e. The zero-order chi connectivity index (χ0) is 10.4. The standard InChI is InChI=1S/C9H9N3O2/c1-2-14-9(13)7(5-10)8-3-4-11-6-12-8/h3-4,6H,2H2,1H3,(H,11,12). The van der Waals surface area contributed by atoms with Crippen molar-refractivity contribution in [2.75, 3.05) is 6.61 Å². The van der Waals surface area contributed by atoms with Crippen LogP contribution in [-0.2, 0) is 9.53 Å². The van der Waals surface area contributed by atoms with Gasteiger partial charge in [-0.2, -0.15) is 5.26 Å². The fourth-order valence-corrected chi connectivity index (χ4v) is 0.890. The first-order valence-corrected chi connectivity index (χ1v) is 4.05. The molecular formula is C9H9N3O2. The summed E-state index contributed by atoms with van der Waals surface area (Å²) in [7, 11) is 0. The van der Waals surface area contributed by atoms with E-state index in [1.165, 1.54) is 18.6 Å². The monoisotopic (exact) mass is 191 g/mol. The van der Waals surface area contributed by atoms with Crippen LogP contribution in [0.2, 0.25) is 0 Å². The Morgan fingerprint density at radius 1 is 1.79 bits per heavy atom. The minimum absolute atomic E-state index is 0.0470. The number of aliphatic imine (C=N–C) groups is 1. The average molecular weight is 191 g/mol. The molecule has 1 N–H and O–H groups in total. The molecule has 0 saturated heterocycles. The van der Waals surface area contributed by atoms with Crippen molar-refractivity contribution in [1.29, 1.82) is 5.26 Å². The molecule has 1 heterocycles. The summed E-state index contributed by atoms with van der Waals surface area (Å²) in [5.41, 5.74) is 0.357. The Labute approximate surface area is 81.4 Å². The van der Waals surface area contributed by atoms with Crippen LogP contribution in [0.5, 0.6) is 0 Å². The number of nitrogens with zero attached hydrogens (tertiary/aromatic N) is 2. The van der Waals surface area contributed by atoms with Crippen LogP contribution in [0.25, 0.3) is 0 Å². The first kappa shape index (κ1) is 9.99. The number of nitriles is 1. The Balaban J connectivity index is 2.91. The first-order valence-electron chi connectivity index (χ1n) is 4.05. The van der Waals surface area contributed by atoms with Crippen LogP contribution in [0.1, 0.15) is 6.92 Å². The van der Waals surface area contributed by atoms with Gasteiger partial charge in [0, 0.05) is 6.20 Å². The van der Waals surface area contributed by atoms with Gasteiger partial charge in [-0.05, 0) is 13.0 Å².